The van der Waals surface area contributed by atoms with Gasteiger partial charge in [0, 0.05) is 29.9 Å². The molecule has 0 spiro atoms. The number of carbonyl (C=O) groups excluding carboxylic acids is 1. The van der Waals surface area contributed by atoms with Crippen LogP contribution in [-0.2, 0) is 13.6 Å². The highest BCUT2D eigenvalue weighted by molar-refractivity contribution is 6.31. The smallest absolute Gasteiger partial charge is 0.255 e. The molecule has 20 heavy (non-hydrogen) atoms. The number of halogens is 1. The molecule has 0 saturated carbocycles. The molecule has 106 valence electrons. The van der Waals surface area contributed by atoms with Gasteiger partial charge in [-0.1, -0.05) is 11.6 Å². The number of amides is 1. The van der Waals surface area contributed by atoms with E-state index in [1.165, 1.54) is 18.2 Å². The monoisotopic (exact) mass is 293 g/mol. The lowest BCUT2D eigenvalue weighted by molar-refractivity contribution is 0.0948. The van der Waals surface area contributed by atoms with Crippen molar-refractivity contribution in [1.82, 2.24) is 15.1 Å². The van der Waals surface area contributed by atoms with Gasteiger partial charge in [-0.15, -0.1) is 0 Å². The van der Waals surface area contributed by atoms with Crippen molar-refractivity contribution in [3.05, 3.63) is 45.7 Å². The van der Waals surface area contributed by atoms with Crippen molar-refractivity contribution in [2.75, 3.05) is 0 Å². The summed E-state index contributed by atoms with van der Waals surface area (Å²) in [7, 11) is 1.86. The molecule has 2 N–H and O–H groups in total. The highest BCUT2D eigenvalue weighted by Crippen LogP contribution is 2.21. The lowest BCUT2D eigenvalue weighted by Gasteiger charge is -2.07. The van der Waals surface area contributed by atoms with Gasteiger partial charge in [-0.3, -0.25) is 9.48 Å². The normalized spacial score (nSPS) is 10.6. The molecule has 0 unspecified atom stereocenters. The lowest BCUT2D eigenvalue weighted by atomic mass is 10.1. The summed E-state index contributed by atoms with van der Waals surface area (Å²) < 4.78 is 1.77. The van der Waals surface area contributed by atoms with E-state index in [0.29, 0.717) is 11.6 Å². The summed E-state index contributed by atoms with van der Waals surface area (Å²) in [6.07, 6.45) is 0. The number of nitrogens with one attached hydrogen (secondary N) is 1. The van der Waals surface area contributed by atoms with Crippen molar-refractivity contribution in [3.8, 4) is 5.75 Å². The predicted octanol–water partition coefficient (Wildman–Crippen LogP) is 2.33. The Labute approximate surface area is 122 Å². The standard InChI is InChI=1S/C14H16ClN3O2/c1-8-12(9(2)18(3)17-8)7-16-14(20)11-6-10(15)4-5-13(11)19/h4-6,19H,7H2,1-3H3,(H,16,20). The highest BCUT2D eigenvalue weighted by atomic mass is 35.5. The van der Waals surface area contributed by atoms with Crippen LogP contribution in [0.1, 0.15) is 27.3 Å². The topological polar surface area (TPSA) is 67.2 Å². The summed E-state index contributed by atoms with van der Waals surface area (Å²) in [5.74, 6) is -0.459. The molecule has 6 heteroatoms. The number of nitrogens with zero attached hydrogens (tertiary/aromatic N) is 2. The number of phenolic OH excluding ortho intramolecular Hbond substituents is 1. The number of aromatic hydroxyl groups is 1. The summed E-state index contributed by atoms with van der Waals surface area (Å²) in [5.41, 5.74) is 3.01. The van der Waals surface area contributed by atoms with E-state index >= 15 is 0 Å². The Hall–Kier alpha value is -2.01. The van der Waals surface area contributed by atoms with Gasteiger partial charge in [-0.05, 0) is 32.0 Å². The van der Waals surface area contributed by atoms with Crippen LogP contribution in [0.3, 0.4) is 0 Å². The molecule has 0 fully saturated rings. The van der Waals surface area contributed by atoms with Gasteiger partial charge >= 0.3 is 0 Å². The SMILES string of the molecule is Cc1nn(C)c(C)c1CNC(=O)c1cc(Cl)ccc1O. The van der Waals surface area contributed by atoms with E-state index in [2.05, 4.69) is 10.4 Å². The predicted molar refractivity (Wildman–Crippen MR) is 77.0 cm³/mol. The van der Waals surface area contributed by atoms with Crippen LogP contribution in [0.25, 0.3) is 0 Å². The Kier molecular flexibility index (Phi) is 3.99. The zero-order chi connectivity index (χ0) is 14.9. The Morgan fingerprint density at radius 1 is 1.45 bits per heavy atom. The average molecular weight is 294 g/mol. The molecule has 1 aromatic carbocycles. The molecule has 0 atom stereocenters. The van der Waals surface area contributed by atoms with Crippen LogP contribution in [0, 0.1) is 13.8 Å². The largest absolute Gasteiger partial charge is 0.507 e. The minimum atomic E-state index is -0.368. The zero-order valence-corrected chi connectivity index (χ0v) is 12.3. The number of aryl methyl sites for hydroxylation is 2. The molecule has 2 aromatic rings. The molecular formula is C14H16ClN3O2. The van der Waals surface area contributed by atoms with Gasteiger partial charge in [0.1, 0.15) is 5.75 Å². The first-order valence-corrected chi connectivity index (χ1v) is 6.53. The minimum Gasteiger partial charge on any atom is -0.507 e. The first-order valence-electron chi connectivity index (χ1n) is 6.16. The van der Waals surface area contributed by atoms with Crippen molar-refractivity contribution in [3.63, 3.8) is 0 Å². The van der Waals surface area contributed by atoms with Crippen LogP contribution in [0.4, 0.5) is 0 Å². The number of hydrogen-bond donors (Lipinski definition) is 2. The van der Waals surface area contributed by atoms with Crippen molar-refractivity contribution in [1.29, 1.82) is 0 Å². The number of aromatic nitrogens is 2. The number of carbonyl (C=O) groups is 1. The number of hydrogen-bond acceptors (Lipinski definition) is 3. The molecule has 1 heterocycles. The third-order valence-electron chi connectivity index (χ3n) is 3.29. The van der Waals surface area contributed by atoms with Gasteiger partial charge in [0.2, 0.25) is 0 Å². The molecule has 5 nitrogen and oxygen atoms in total. The van der Waals surface area contributed by atoms with Gasteiger partial charge in [0.15, 0.2) is 0 Å². The number of rotatable bonds is 3. The van der Waals surface area contributed by atoms with E-state index < -0.39 is 0 Å². The third-order valence-corrected chi connectivity index (χ3v) is 3.52. The van der Waals surface area contributed by atoms with Crippen LogP contribution >= 0.6 is 11.6 Å². The molecule has 0 bridgehead atoms. The second-order valence-corrected chi connectivity index (χ2v) is 5.05. The van der Waals surface area contributed by atoms with Crippen LogP contribution in [0.2, 0.25) is 5.02 Å². The summed E-state index contributed by atoms with van der Waals surface area (Å²) in [6.45, 7) is 4.19. The Morgan fingerprint density at radius 3 is 2.75 bits per heavy atom. The summed E-state index contributed by atoms with van der Waals surface area (Å²) in [5, 5.41) is 17.1. The summed E-state index contributed by atoms with van der Waals surface area (Å²) >= 11 is 5.83. The van der Waals surface area contributed by atoms with Gasteiger partial charge in [-0.25, -0.2) is 0 Å². The first kappa shape index (κ1) is 14.4. The second-order valence-electron chi connectivity index (χ2n) is 4.62. The quantitative estimate of drug-likeness (QED) is 0.913. The Balaban J connectivity index is 2.15. The van der Waals surface area contributed by atoms with E-state index in [-0.39, 0.29) is 17.2 Å². The van der Waals surface area contributed by atoms with Crippen LogP contribution < -0.4 is 5.32 Å². The molecule has 0 aliphatic rings. The average Bonchev–Trinajstić information content (AvgIpc) is 2.64. The Bertz CT molecular complexity index is 665. The first-order chi connectivity index (χ1) is 9.40. The molecule has 1 aromatic heterocycles. The van der Waals surface area contributed by atoms with Gasteiger partial charge in [-0.2, -0.15) is 5.10 Å². The Morgan fingerprint density at radius 2 is 2.15 bits per heavy atom. The molecule has 0 saturated heterocycles. The van der Waals surface area contributed by atoms with E-state index in [0.717, 1.165) is 17.0 Å². The minimum absolute atomic E-state index is 0.0912. The van der Waals surface area contributed by atoms with E-state index in [4.69, 9.17) is 11.6 Å². The zero-order valence-electron chi connectivity index (χ0n) is 11.6. The lowest BCUT2D eigenvalue weighted by Crippen LogP contribution is -2.23. The fourth-order valence-electron chi connectivity index (χ4n) is 2.03. The van der Waals surface area contributed by atoms with Crippen molar-refractivity contribution in [2.24, 2.45) is 7.05 Å². The van der Waals surface area contributed by atoms with E-state index in [1.54, 1.807) is 4.68 Å². The third kappa shape index (κ3) is 2.77. The maximum atomic E-state index is 12.1. The maximum Gasteiger partial charge on any atom is 0.255 e. The van der Waals surface area contributed by atoms with Crippen molar-refractivity contribution < 1.29 is 9.90 Å². The molecule has 0 aliphatic heterocycles. The molecule has 1 amide bonds. The van der Waals surface area contributed by atoms with Crippen LogP contribution in [-0.4, -0.2) is 20.8 Å². The second kappa shape index (κ2) is 5.54. The molecule has 0 aliphatic carbocycles. The van der Waals surface area contributed by atoms with Crippen molar-refractivity contribution >= 4 is 17.5 Å². The fourth-order valence-corrected chi connectivity index (χ4v) is 2.20. The number of phenols is 1. The summed E-state index contributed by atoms with van der Waals surface area (Å²) in [4.78, 5) is 12.1. The summed E-state index contributed by atoms with van der Waals surface area (Å²) in [6, 6.07) is 4.37. The van der Waals surface area contributed by atoms with Crippen molar-refractivity contribution in [2.45, 2.75) is 20.4 Å². The van der Waals surface area contributed by atoms with E-state index in [1.807, 2.05) is 20.9 Å². The fraction of sp³-hybridized carbons (Fsp3) is 0.286. The molecular weight excluding hydrogens is 278 g/mol. The maximum absolute atomic E-state index is 12.1. The van der Waals surface area contributed by atoms with Gasteiger partial charge in [0.05, 0.1) is 11.3 Å². The van der Waals surface area contributed by atoms with Gasteiger partial charge in [0.25, 0.3) is 5.91 Å². The van der Waals surface area contributed by atoms with E-state index in [9.17, 15) is 9.90 Å². The van der Waals surface area contributed by atoms with Crippen LogP contribution in [0.5, 0.6) is 5.75 Å². The molecule has 2 rings (SSSR count). The highest BCUT2D eigenvalue weighted by Gasteiger charge is 2.14. The van der Waals surface area contributed by atoms with Crippen LogP contribution in [0.15, 0.2) is 18.2 Å². The molecule has 0 radical (unpaired) electrons. The number of benzene rings is 1. The van der Waals surface area contributed by atoms with Gasteiger partial charge < -0.3 is 10.4 Å².